The largest absolute Gasteiger partial charge is 0.495 e. The number of anilines is 2. The summed E-state index contributed by atoms with van der Waals surface area (Å²) < 4.78 is 5.29. The van der Waals surface area contributed by atoms with Gasteiger partial charge in [-0.05, 0) is 49.2 Å². The second-order valence-electron chi connectivity index (χ2n) is 6.47. The Morgan fingerprint density at radius 3 is 2.48 bits per heavy atom. The standard InChI is InChI=1S/C20H24ClN3O2.ClH/c1-14-5-4-6-18(15(14)2)23-9-11-24(12-10-23)20(25)22-17-13-16(21)7-8-19(17)26-3;/h4-8,13H,9-12H2,1-3H3,(H,22,25);1H. The maximum Gasteiger partial charge on any atom is 0.322 e. The zero-order valence-corrected chi connectivity index (χ0v) is 17.4. The van der Waals surface area contributed by atoms with E-state index < -0.39 is 0 Å². The maximum absolute atomic E-state index is 12.6. The second kappa shape index (κ2) is 9.20. The van der Waals surface area contributed by atoms with Gasteiger partial charge in [0.2, 0.25) is 0 Å². The van der Waals surface area contributed by atoms with Crippen LogP contribution in [0.5, 0.6) is 5.75 Å². The molecule has 1 saturated heterocycles. The van der Waals surface area contributed by atoms with Gasteiger partial charge in [-0.25, -0.2) is 4.79 Å². The lowest BCUT2D eigenvalue weighted by molar-refractivity contribution is 0.208. The van der Waals surface area contributed by atoms with E-state index in [9.17, 15) is 4.79 Å². The predicted molar refractivity (Wildman–Crippen MR) is 114 cm³/mol. The number of halogens is 2. The molecule has 2 amide bonds. The Hall–Kier alpha value is -2.11. The van der Waals surface area contributed by atoms with Crippen molar-refractivity contribution in [3.05, 3.63) is 52.5 Å². The summed E-state index contributed by atoms with van der Waals surface area (Å²) in [6.45, 7) is 7.23. The molecule has 1 N–H and O–H groups in total. The average Bonchev–Trinajstić information content (AvgIpc) is 2.64. The van der Waals surface area contributed by atoms with Gasteiger partial charge in [-0.1, -0.05) is 23.7 Å². The van der Waals surface area contributed by atoms with Crippen LogP contribution < -0.4 is 15.0 Å². The Bertz CT molecular complexity index is 806. The molecule has 2 aromatic rings. The van der Waals surface area contributed by atoms with Crippen molar-refractivity contribution in [1.29, 1.82) is 0 Å². The Labute approximate surface area is 171 Å². The molecule has 5 nitrogen and oxygen atoms in total. The lowest BCUT2D eigenvalue weighted by Gasteiger charge is -2.37. The topological polar surface area (TPSA) is 44.8 Å². The molecule has 0 unspecified atom stereocenters. The van der Waals surface area contributed by atoms with E-state index in [-0.39, 0.29) is 18.4 Å². The van der Waals surface area contributed by atoms with E-state index >= 15 is 0 Å². The molecule has 1 heterocycles. The Balaban J connectivity index is 0.00000261. The van der Waals surface area contributed by atoms with Crippen LogP contribution in [0.1, 0.15) is 11.1 Å². The van der Waals surface area contributed by atoms with E-state index in [0.717, 1.165) is 13.1 Å². The van der Waals surface area contributed by atoms with Gasteiger partial charge in [0.1, 0.15) is 5.75 Å². The van der Waals surface area contributed by atoms with Gasteiger partial charge in [0, 0.05) is 36.9 Å². The second-order valence-corrected chi connectivity index (χ2v) is 6.90. The number of urea groups is 1. The molecule has 1 fully saturated rings. The molecule has 0 spiro atoms. The van der Waals surface area contributed by atoms with E-state index in [1.807, 2.05) is 4.90 Å². The van der Waals surface area contributed by atoms with Crippen molar-refractivity contribution in [1.82, 2.24) is 4.90 Å². The predicted octanol–water partition coefficient (Wildman–Crippen LogP) is 4.74. The summed E-state index contributed by atoms with van der Waals surface area (Å²) in [5, 5.41) is 3.46. The van der Waals surface area contributed by atoms with Gasteiger partial charge >= 0.3 is 6.03 Å². The van der Waals surface area contributed by atoms with Gasteiger partial charge in [0.05, 0.1) is 12.8 Å². The fourth-order valence-electron chi connectivity index (χ4n) is 3.20. The quantitative estimate of drug-likeness (QED) is 0.795. The van der Waals surface area contributed by atoms with Crippen molar-refractivity contribution in [3.8, 4) is 5.75 Å². The molecule has 1 aliphatic rings. The van der Waals surface area contributed by atoms with Gasteiger partial charge in [-0.2, -0.15) is 0 Å². The minimum atomic E-state index is -0.133. The van der Waals surface area contributed by atoms with Crippen LogP contribution in [0, 0.1) is 13.8 Å². The van der Waals surface area contributed by atoms with Crippen LogP contribution in [0.25, 0.3) is 0 Å². The SMILES string of the molecule is COc1ccc(Cl)cc1NC(=O)N1CCN(c2cccc(C)c2C)CC1.Cl. The molecule has 0 radical (unpaired) electrons. The maximum atomic E-state index is 12.6. The summed E-state index contributed by atoms with van der Waals surface area (Å²) in [7, 11) is 1.57. The van der Waals surface area contributed by atoms with E-state index in [4.69, 9.17) is 16.3 Å². The van der Waals surface area contributed by atoms with Crippen LogP contribution in [-0.4, -0.2) is 44.2 Å². The van der Waals surface area contributed by atoms with E-state index in [0.29, 0.717) is 29.5 Å². The minimum absolute atomic E-state index is 0. The first-order valence-electron chi connectivity index (χ1n) is 8.70. The molecule has 1 aliphatic heterocycles. The Kier molecular flexibility index (Phi) is 7.22. The van der Waals surface area contributed by atoms with Gasteiger partial charge in [0.15, 0.2) is 0 Å². The summed E-state index contributed by atoms with van der Waals surface area (Å²) in [4.78, 5) is 16.8. The third-order valence-electron chi connectivity index (χ3n) is 4.89. The van der Waals surface area contributed by atoms with Crippen LogP contribution in [0.4, 0.5) is 16.2 Å². The third-order valence-corrected chi connectivity index (χ3v) is 5.12. The van der Waals surface area contributed by atoms with E-state index in [1.165, 1.54) is 16.8 Å². The van der Waals surface area contributed by atoms with Crippen LogP contribution in [0.2, 0.25) is 5.02 Å². The number of nitrogens with one attached hydrogen (secondary N) is 1. The molecule has 0 atom stereocenters. The highest BCUT2D eigenvalue weighted by Gasteiger charge is 2.23. The average molecular weight is 410 g/mol. The fraction of sp³-hybridized carbons (Fsp3) is 0.350. The van der Waals surface area contributed by atoms with Crippen LogP contribution in [-0.2, 0) is 0 Å². The molecule has 3 rings (SSSR count). The molecule has 0 bridgehead atoms. The first kappa shape index (κ1) is 21.2. The summed E-state index contributed by atoms with van der Waals surface area (Å²) in [6, 6.07) is 11.4. The van der Waals surface area contributed by atoms with Crippen LogP contribution >= 0.6 is 24.0 Å². The van der Waals surface area contributed by atoms with Crippen molar-refractivity contribution >= 4 is 41.4 Å². The van der Waals surface area contributed by atoms with Gasteiger partial charge in [-0.15, -0.1) is 12.4 Å². The van der Waals surface area contributed by atoms with E-state index in [2.05, 4.69) is 42.3 Å². The molecule has 146 valence electrons. The molecule has 7 heteroatoms. The molecular weight excluding hydrogens is 385 g/mol. The highest BCUT2D eigenvalue weighted by molar-refractivity contribution is 6.31. The first-order valence-corrected chi connectivity index (χ1v) is 9.08. The summed E-state index contributed by atoms with van der Waals surface area (Å²) in [5.41, 5.74) is 4.42. The molecule has 0 aliphatic carbocycles. The number of hydrogen-bond acceptors (Lipinski definition) is 3. The number of amides is 2. The zero-order chi connectivity index (χ0) is 18.7. The monoisotopic (exact) mass is 409 g/mol. The fourth-order valence-corrected chi connectivity index (χ4v) is 3.37. The van der Waals surface area contributed by atoms with E-state index in [1.54, 1.807) is 25.3 Å². The number of methoxy groups -OCH3 is 1. The number of carbonyl (C=O) groups excluding carboxylic acids is 1. The number of benzene rings is 2. The highest BCUT2D eigenvalue weighted by Crippen LogP contribution is 2.28. The zero-order valence-electron chi connectivity index (χ0n) is 15.8. The van der Waals surface area contributed by atoms with Crippen molar-refractivity contribution in [2.75, 3.05) is 43.5 Å². The number of rotatable bonds is 3. The van der Waals surface area contributed by atoms with Crippen molar-refractivity contribution < 1.29 is 9.53 Å². The summed E-state index contributed by atoms with van der Waals surface area (Å²) in [6.07, 6.45) is 0. The molecular formula is C20H25Cl2N3O2. The lowest BCUT2D eigenvalue weighted by atomic mass is 10.1. The number of ether oxygens (including phenoxy) is 1. The molecule has 27 heavy (non-hydrogen) atoms. The molecule has 0 aromatic heterocycles. The van der Waals surface area contributed by atoms with Gasteiger partial charge < -0.3 is 19.9 Å². The van der Waals surface area contributed by atoms with Crippen LogP contribution in [0.3, 0.4) is 0 Å². The normalized spacial score (nSPS) is 13.8. The third kappa shape index (κ3) is 4.79. The number of nitrogens with zero attached hydrogens (tertiary/aromatic N) is 2. The summed E-state index contributed by atoms with van der Waals surface area (Å²) >= 11 is 6.03. The number of hydrogen-bond donors (Lipinski definition) is 1. The number of aryl methyl sites for hydroxylation is 1. The van der Waals surface area contributed by atoms with Crippen LogP contribution in [0.15, 0.2) is 36.4 Å². The first-order chi connectivity index (χ1) is 12.5. The minimum Gasteiger partial charge on any atom is -0.495 e. The lowest BCUT2D eigenvalue weighted by Crippen LogP contribution is -2.50. The van der Waals surface area contributed by atoms with Crippen molar-refractivity contribution in [2.24, 2.45) is 0 Å². The number of piperazine rings is 1. The number of carbonyl (C=O) groups is 1. The smallest absolute Gasteiger partial charge is 0.322 e. The van der Waals surface area contributed by atoms with Crippen molar-refractivity contribution in [2.45, 2.75) is 13.8 Å². The van der Waals surface area contributed by atoms with Crippen molar-refractivity contribution in [3.63, 3.8) is 0 Å². The summed E-state index contributed by atoms with van der Waals surface area (Å²) in [5.74, 6) is 0.594. The van der Waals surface area contributed by atoms with Gasteiger partial charge in [-0.3, -0.25) is 0 Å². The van der Waals surface area contributed by atoms with Gasteiger partial charge in [0.25, 0.3) is 0 Å². The molecule has 2 aromatic carbocycles. The highest BCUT2D eigenvalue weighted by atomic mass is 35.5. The Morgan fingerprint density at radius 1 is 1.11 bits per heavy atom. The molecule has 0 saturated carbocycles. The Morgan fingerprint density at radius 2 is 1.81 bits per heavy atom.